The fraction of sp³-hybridized carbons (Fsp3) is 0.136. The van der Waals surface area contributed by atoms with Gasteiger partial charge in [-0.15, -0.1) is 0 Å². The molecule has 3 aromatic rings. The molecular formula is C22H12Cl3F7N4O2. The first kappa shape index (κ1) is 29.3. The lowest BCUT2D eigenvalue weighted by atomic mass is 9.95. The number of halogens is 10. The van der Waals surface area contributed by atoms with Gasteiger partial charge in [-0.2, -0.15) is 26.3 Å². The molecule has 1 heterocycles. The van der Waals surface area contributed by atoms with Crippen LogP contribution in [0.4, 0.5) is 36.6 Å². The number of nitrogens with one attached hydrogen (secondary N) is 2. The van der Waals surface area contributed by atoms with Gasteiger partial charge in [-0.25, -0.2) is 14.4 Å². The number of aromatic nitrogens is 2. The molecular weight excluding hydrogens is 592 g/mol. The Hall–Kier alpha value is -3.29. The van der Waals surface area contributed by atoms with Crippen LogP contribution in [0.5, 0.6) is 5.88 Å². The van der Waals surface area contributed by atoms with Crippen molar-refractivity contribution >= 4 is 52.4 Å². The molecule has 0 saturated heterocycles. The topological polar surface area (TPSA) is 87.1 Å². The normalized spacial score (nSPS) is 13.3. The van der Waals surface area contributed by atoms with E-state index in [-0.39, 0.29) is 33.0 Å². The van der Waals surface area contributed by atoms with Gasteiger partial charge in [-0.1, -0.05) is 40.9 Å². The number of hydrogen-bond acceptors (Lipinski definition) is 5. The van der Waals surface area contributed by atoms with Crippen LogP contribution in [-0.2, 0) is 6.18 Å². The van der Waals surface area contributed by atoms with Crippen LogP contribution in [0.3, 0.4) is 0 Å². The number of carbonyl (C=O) groups excluding carboxylic acids is 1. The van der Waals surface area contributed by atoms with E-state index in [2.05, 4.69) is 15.4 Å². The molecule has 16 heteroatoms. The molecule has 0 fully saturated rings. The van der Waals surface area contributed by atoms with E-state index in [0.717, 1.165) is 24.5 Å². The monoisotopic (exact) mass is 602 g/mol. The second-order valence-electron chi connectivity index (χ2n) is 7.43. The molecule has 0 aliphatic rings. The summed E-state index contributed by atoms with van der Waals surface area (Å²) in [6, 6.07) is 4.02. The van der Waals surface area contributed by atoms with Crippen LogP contribution in [-0.4, -0.2) is 27.2 Å². The number of hydrogen-bond donors (Lipinski definition) is 3. The molecule has 1 unspecified atom stereocenters. The molecule has 0 aliphatic carbocycles. The lowest BCUT2D eigenvalue weighted by Gasteiger charge is -2.19. The first-order valence-electron chi connectivity index (χ1n) is 9.95. The second-order valence-corrected chi connectivity index (χ2v) is 8.62. The fourth-order valence-corrected chi connectivity index (χ4v) is 3.72. The number of alkyl halides is 6. The summed E-state index contributed by atoms with van der Waals surface area (Å²) < 4.78 is 97.2. The van der Waals surface area contributed by atoms with Crippen LogP contribution in [0.2, 0.25) is 15.1 Å². The van der Waals surface area contributed by atoms with E-state index in [4.69, 9.17) is 34.8 Å². The molecule has 0 saturated carbocycles. The van der Waals surface area contributed by atoms with Gasteiger partial charge in [0, 0.05) is 11.6 Å². The van der Waals surface area contributed by atoms with Gasteiger partial charge in [0.25, 0.3) is 5.91 Å². The average Bonchev–Trinajstić information content (AvgIpc) is 2.82. The second kappa shape index (κ2) is 11.2. The zero-order chi connectivity index (χ0) is 28.4. The minimum atomic E-state index is -5.20. The Kier molecular flexibility index (Phi) is 8.64. The largest absolute Gasteiger partial charge is 0.493 e. The minimum absolute atomic E-state index is 0.0499. The standard InChI is InChI=1S/C22H12Cl3F7N4O2/c23-14-4-10(5-15(24)19(14)25)12(21(27,28)29)6-16(26)9-1-2-11(13(3-9)22(30,31)32)20(38)36-35-17-7-18(37)34-8-33-17/h1-8,12H,(H,36,38)(H2,33,34,35,37). The first-order chi connectivity index (χ1) is 17.6. The molecule has 202 valence electrons. The molecule has 0 radical (unpaired) electrons. The molecule has 38 heavy (non-hydrogen) atoms. The van der Waals surface area contributed by atoms with Crippen molar-refractivity contribution < 1.29 is 40.6 Å². The predicted molar refractivity (Wildman–Crippen MR) is 126 cm³/mol. The Morgan fingerprint density at radius 2 is 1.61 bits per heavy atom. The Balaban J connectivity index is 1.98. The zero-order valence-corrected chi connectivity index (χ0v) is 20.5. The third-order valence-corrected chi connectivity index (χ3v) is 6.03. The van der Waals surface area contributed by atoms with E-state index in [1.165, 1.54) is 0 Å². The van der Waals surface area contributed by atoms with Gasteiger partial charge in [-0.05, 0) is 35.9 Å². The molecule has 1 atom stereocenters. The smallest absolute Gasteiger partial charge is 0.417 e. The summed E-state index contributed by atoms with van der Waals surface area (Å²) in [7, 11) is 0. The summed E-state index contributed by atoms with van der Waals surface area (Å²) in [4.78, 5) is 19.4. The highest BCUT2D eigenvalue weighted by atomic mass is 35.5. The van der Waals surface area contributed by atoms with Crippen LogP contribution in [0.1, 0.15) is 33.0 Å². The van der Waals surface area contributed by atoms with Crippen molar-refractivity contribution in [1.29, 1.82) is 0 Å². The molecule has 1 amide bonds. The summed E-state index contributed by atoms with van der Waals surface area (Å²) in [6.07, 6.45) is -9.34. The Bertz CT molecular complexity index is 1380. The van der Waals surface area contributed by atoms with Crippen LogP contribution in [0.15, 0.2) is 48.8 Å². The zero-order valence-electron chi connectivity index (χ0n) is 18.2. The van der Waals surface area contributed by atoms with E-state index in [0.29, 0.717) is 12.1 Å². The van der Waals surface area contributed by atoms with Gasteiger partial charge < -0.3 is 5.11 Å². The van der Waals surface area contributed by atoms with Crippen LogP contribution < -0.4 is 10.9 Å². The van der Waals surface area contributed by atoms with Crippen LogP contribution >= 0.6 is 34.8 Å². The van der Waals surface area contributed by atoms with Crippen molar-refractivity contribution in [2.75, 3.05) is 5.43 Å². The van der Waals surface area contributed by atoms with Crippen LogP contribution in [0.25, 0.3) is 5.83 Å². The maximum Gasteiger partial charge on any atom is 0.417 e. The van der Waals surface area contributed by atoms with Crippen molar-refractivity contribution in [2.45, 2.75) is 18.3 Å². The van der Waals surface area contributed by atoms with E-state index in [1.807, 2.05) is 5.43 Å². The summed E-state index contributed by atoms with van der Waals surface area (Å²) >= 11 is 17.3. The number of hydrazine groups is 1. The van der Waals surface area contributed by atoms with Crippen molar-refractivity contribution in [1.82, 2.24) is 15.4 Å². The average molecular weight is 604 g/mol. The maximum absolute atomic E-state index is 14.9. The predicted octanol–water partition coefficient (Wildman–Crippen LogP) is 7.57. The summed E-state index contributed by atoms with van der Waals surface area (Å²) in [5.41, 5.74) is -0.0506. The molecule has 0 bridgehead atoms. The van der Waals surface area contributed by atoms with Gasteiger partial charge in [0.2, 0.25) is 5.88 Å². The lowest BCUT2D eigenvalue weighted by Crippen LogP contribution is -2.31. The Labute approximate surface area is 224 Å². The Morgan fingerprint density at radius 3 is 2.16 bits per heavy atom. The fourth-order valence-electron chi connectivity index (χ4n) is 3.11. The summed E-state index contributed by atoms with van der Waals surface area (Å²) in [5.74, 6) is -6.34. The molecule has 1 aromatic heterocycles. The van der Waals surface area contributed by atoms with Crippen molar-refractivity contribution in [2.24, 2.45) is 0 Å². The number of aromatic hydroxyl groups is 1. The minimum Gasteiger partial charge on any atom is -0.493 e. The van der Waals surface area contributed by atoms with Gasteiger partial charge in [0.1, 0.15) is 18.1 Å². The molecule has 6 nitrogen and oxygen atoms in total. The molecule has 0 aliphatic heterocycles. The van der Waals surface area contributed by atoms with Crippen molar-refractivity contribution in [3.05, 3.63) is 86.1 Å². The van der Waals surface area contributed by atoms with Crippen molar-refractivity contribution in [3.8, 4) is 5.88 Å². The number of benzene rings is 2. The van der Waals surface area contributed by atoms with E-state index in [9.17, 15) is 40.6 Å². The van der Waals surface area contributed by atoms with E-state index in [1.54, 1.807) is 0 Å². The number of carbonyl (C=O) groups is 1. The van der Waals surface area contributed by atoms with Gasteiger partial charge in [0.15, 0.2) is 5.82 Å². The third kappa shape index (κ3) is 6.97. The molecule has 2 aromatic carbocycles. The highest BCUT2D eigenvalue weighted by molar-refractivity contribution is 6.48. The SMILES string of the molecule is O=C(NNc1cc(O)ncn1)c1ccc(C(F)=CC(c2cc(Cl)c(Cl)c(Cl)c2)C(F)(F)F)cc1C(F)(F)F. The number of rotatable bonds is 6. The molecule has 3 rings (SSSR count). The summed E-state index contributed by atoms with van der Waals surface area (Å²) in [5, 5.41) is 8.33. The van der Waals surface area contributed by atoms with E-state index >= 15 is 0 Å². The number of anilines is 1. The van der Waals surface area contributed by atoms with E-state index < -0.39 is 58.1 Å². The third-order valence-electron chi connectivity index (χ3n) is 4.83. The highest BCUT2D eigenvalue weighted by Gasteiger charge is 2.41. The highest BCUT2D eigenvalue weighted by Crippen LogP contribution is 2.42. The van der Waals surface area contributed by atoms with Gasteiger partial charge in [-0.3, -0.25) is 15.6 Å². The first-order valence-corrected chi connectivity index (χ1v) is 11.1. The maximum atomic E-state index is 14.9. The number of allylic oxidation sites excluding steroid dienone is 1. The summed E-state index contributed by atoms with van der Waals surface area (Å²) in [6.45, 7) is 0. The molecule has 0 spiro atoms. The lowest BCUT2D eigenvalue weighted by molar-refractivity contribution is -0.140. The molecule has 3 N–H and O–H groups in total. The quantitative estimate of drug-likeness (QED) is 0.154. The number of amides is 1. The van der Waals surface area contributed by atoms with Gasteiger partial charge in [0.05, 0.1) is 26.2 Å². The Morgan fingerprint density at radius 1 is 0.974 bits per heavy atom. The van der Waals surface area contributed by atoms with Crippen molar-refractivity contribution in [3.63, 3.8) is 0 Å². The van der Waals surface area contributed by atoms with Crippen LogP contribution in [0, 0.1) is 0 Å². The number of nitrogens with zero attached hydrogens (tertiary/aromatic N) is 2. The van der Waals surface area contributed by atoms with Gasteiger partial charge >= 0.3 is 12.4 Å².